The van der Waals surface area contributed by atoms with Crippen LogP contribution in [-0.2, 0) is 14.3 Å². The maximum absolute atomic E-state index is 11.8. The van der Waals surface area contributed by atoms with Crippen LogP contribution in [0.5, 0.6) is 0 Å². The Kier molecular flexibility index (Phi) is 6.55. The zero-order valence-corrected chi connectivity index (χ0v) is 13.7. The highest BCUT2D eigenvalue weighted by Gasteiger charge is 2.13. The minimum absolute atomic E-state index is 0.151. The van der Waals surface area contributed by atoms with Gasteiger partial charge in [0.15, 0.2) is 12.4 Å². The summed E-state index contributed by atoms with van der Waals surface area (Å²) < 4.78 is 4.85. The minimum Gasteiger partial charge on any atom is -0.457 e. The standard InChI is InChI=1S/C18H16N2O6/c21-16(13-5-2-1-3-6-13)12-26-18(23)10-9-17(22)19-14-7-4-8-15(11-14)20(24)25/h1-8,11H,9-10,12H2,(H,19,22). The van der Waals surface area contributed by atoms with Crippen LogP contribution >= 0.6 is 0 Å². The highest BCUT2D eigenvalue weighted by atomic mass is 16.6. The predicted octanol–water partition coefficient (Wildman–Crippen LogP) is 2.74. The summed E-state index contributed by atoms with van der Waals surface area (Å²) in [4.78, 5) is 45.4. The number of hydrogen-bond donors (Lipinski definition) is 1. The van der Waals surface area contributed by atoms with Gasteiger partial charge in [0, 0.05) is 29.8 Å². The Balaban J connectivity index is 1.75. The first-order valence-corrected chi connectivity index (χ1v) is 7.74. The fraction of sp³-hybridized carbons (Fsp3) is 0.167. The van der Waals surface area contributed by atoms with Gasteiger partial charge in [-0.05, 0) is 6.07 Å². The van der Waals surface area contributed by atoms with Gasteiger partial charge in [0.1, 0.15) is 0 Å². The van der Waals surface area contributed by atoms with E-state index in [1.807, 2.05) is 0 Å². The Morgan fingerprint density at radius 2 is 1.73 bits per heavy atom. The number of ether oxygens (including phenoxy) is 1. The van der Waals surface area contributed by atoms with E-state index in [1.165, 1.54) is 24.3 Å². The molecule has 0 aliphatic heterocycles. The summed E-state index contributed by atoms with van der Waals surface area (Å²) in [6.07, 6.45) is -0.371. The van der Waals surface area contributed by atoms with E-state index >= 15 is 0 Å². The number of nitro groups is 1. The molecule has 0 radical (unpaired) electrons. The molecule has 0 unspecified atom stereocenters. The lowest BCUT2D eigenvalue weighted by atomic mass is 10.1. The van der Waals surface area contributed by atoms with Gasteiger partial charge in [-0.1, -0.05) is 36.4 Å². The number of nitrogens with zero attached hydrogens (tertiary/aromatic N) is 1. The van der Waals surface area contributed by atoms with Crippen molar-refractivity contribution < 1.29 is 24.0 Å². The van der Waals surface area contributed by atoms with E-state index in [4.69, 9.17) is 4.74 Å². The Morgan fingerprint density at radius 1 is 1.00 bits per heavy atom. The van der Waals surface area contributed by atoms with Crippen molar-refractivity contribution in [2.45, 2.75) is 12.8 Å². The first kappa shape index (κ1) is 18.8. The molecule has 26 heavy (non-hydrogen) atoms. The van der Waals surface area contributed by atoms with Crippen molar-refractivity contribution in [3.05, 3.63) is 70.3 Å². The second-order valence-electron chi connectivity index (χ2n) is 5.31. The summed E-state index contributed by atoms with van der Waals surface area (Å²) in [6.45, 7) is -0.394. The van der Waals surface area contributed by atoms with Gasteiger partial charge in [0.05, 0.1) is 11.3 Å². The second kappa shape index (κ2) is 9.07. The van der Waals surface area contributed by atoms with Gasteiger partial charge < -0.3 is 10.1 Å². The molecule has 2 aromatic rings. The zero-order chi connectivity index (χ0) is 18.9. The fourth-order valence-electron chi connectivity index (χ4n) is 2.06. The highest BCUT2D eigenvalue weighted by Crippen LogP contribution is 2.17. The smallest absolute Gasteiger partial charge is 0.306 e. The Labute approximate surface area is 148 Å². The molecule has 8 nitrogen and oxygen atoms in total. The van der Waals surface area contributed by atoms with Crippen molar-refractivity contribution in [1.82, 2.24) is 0 Å². The largest absolute Gasteiger partial charge is 0.457 e. The van der Waals surface area contributed by atoms with Gasteiger partial charge in [-0.15, -0.1) is 0 Å². The number of carbonyl (C=O) groups excluding carboxylic acids is 3. The molecule has 0 atom stereocenters. The van der Waals surface area contributed by atoms with Crippen LogP contribution in [0.2, 0.25) is 0 Å². The number of rotatable bonds is 8. The van der Waals surface area contributed by atoms with Crippen molar-refractivity contribution in [2.24, 2.45) is 0 Å². The summed E-state index contributed by atoms with van der Waals surface area (Å²) >= 11 is 0. The first-order valence-electron chi connectivity index (χ1n) is 7.74. The summed E-state index contributed by atoms with van der Waals surface area (Å²) in [5.74, 6) is -1.50. The third kappa shape index (κ3) is 5.82. The SMILES string of the molecule is O=C(CCC(=O)OCC(=O)c1ccccc1)Nc1cccc([N+](=O)[O-])c1. The third-order valence-electron chi connectivity index (χ3n) is 3.36. The van der Waals surface area contributed by atoms with Crippen LogP contribution in [0.25, 0.3) is 0 Å². The number of non-ortho nitro benzene ring substituents is 1. The molecule has 0 aromatic heterocycles. The van der Waals surface area contributed by atoms with Gasteiger partial charge >= 0.3 is 5.97 Å². The molecular formula is C18H16N2O6. The Hall–Kier alpha value is -3.55. The predicted molar refractivity (Wildman–Crippen MR) is 92.7 cm³/mol. The lowest BCUT2D eigenvalue weighted by Gasteiger charge is -2.06. The topological polar surface area (TPSA) is 116 Å². The normalized spacial score (nSPS) is 10.0. The first-order chi connectivity index (χ1) is 12.5. The monoisotopic (exact) mass is 356 g/mol. The molecule has 0 aliphatic carbocycles. The number of esters is 1. The molecular weight excluding hydrogens is 340 g/mol. The van der Waals surface area contributed by atoms with Gasteiger partial charge in [-0.2, -0.15) is 0 Å². The van der Waals surface area contributed by atoms with Crippen LogP contribution < -0.4 is 5.32 Å². The Morgan fingerprint density at radius 3 is 2.42 bits per heavy atom. The van der Waals surface area contributed by atoms with Gasteiger partial charge in [-0.3, -0.25) is 24.5 Å². The number of benzene rings is 2. The maximum Gasteiger partial charge on any atom is 0.306 e. The van der Waals surface area contributed by atoms with Crippen molar-refractivity contribution in [3.8, 4) is 0 Å². The summed E-state index contributed by atoms with van der Waals surface area (Å²) in [6, 6.07) is 13.9. The van der Waals surface area contributed by atoms with Crippen LogP contribution in [-0.4, -0.2) is 29.2 Å². The van der Waals surface area contributed by atoms with Gasteiger partial charge in [0.2, 0.25) is 5.91 Å². The van der Waals surface area contributed by atoms with Crippen molar-refractivity contribution in [2.75, 3.05) is 11.9 Å². The maximum atomic E-state index is 11.8. The number of nitro benzene ring substituents is 1. The lowest BCUT2D eigenvalue weighted by molar-refractivity contribution is -0.384. The number of Topliss-reactive ketones (excluding diaryl/α,β-unsaturated/α-hetero) is 1. The molecule has 8 heteroatoms. The van der Waals surface area contributed by atoms with E-state index in [1.54, 1.807) is 30.3 Å². The van der Waals surface area contributed by atoms with Crippen LogP contribution in [0.15, 0.2) is 54.6 Å². The van der Waals surface area contributed by atoms with Crippen molar-refractivity contribution in [1.29, 1.82) is 0 Å². The van der Waals surface area contributed by atoms with Crippen LogP contribution in [0, 0.1) is 10.1 Å². The quantitative estimate of drug-likeness (QED) is 0.336. The van der Waals surface area contributed by atoms with Gasteiger partial charge in [0.25, 0.3) is 5.69 Å². The van der Waals surface area contributed by atoms with Crippen molar-refractivity contribution in [3.63, 3.8) is 0 Å². The van der Waals surface area contributed by atoms with E-state index in [9.17, 15) is 24.5 Å². The number of nitrogens with one attached hydrogen (secondary N) is 1. The van der Waals surface area contributed by atoms with Crippen LogP contribution in [0.1, 0.15) is 23.2 Å². The molecule has 134 valence electrons. The van der Waals surface area contributed by atoms with Crippen molar-refractivity contribution >= 4 is 29.0 Å². The number of anilines is 1. The summed E-state index contributed by atoms with van der Waals surface area (Å²) in [5.41, 5.74) is 0.544. The fourth-order valence-corrected chi connectivity index (χ4v) is 2.06. The molecule has 2 rings (SSSR count). The van der Waals surface area contributed by atoms with E-state index in [0.717, 1.165) is 0 Å². The Bertz CT molecular complexity index is 819. The number of amides is 1. The molecule has 0 saturated heterocycles. The van der Waals surface area contributed by atoms with E-state index in [-0.39, 0.29) is 30.0 Å². The average Bonchev–Trinajstić information content (AvgIpc) is 2.65. The van der Waals surface area contributed by atoms with Crippen LogP contribution in [0.4, 0.5) is 11.4 Å². The summed E-state index contributed by atoms with van der Waals surface area (Å²) in [7, 11) is 0. The summed E-state index contributed by atoms with van der Waals surface area (Å²) in [5, 5.41) is 13.2. The molecule has 0 bridgehead atoms. The highest BCUT2D eigenvalue weighted by molar-refractivity contribution is 5.98. The molecule has 0 fully saturated rings. The lowest BCUT2D eigenvalue weighted by Crippen LogP contribution is -2.17. The number of carbonyl (C=O) groups is 3. The molecule has 0 aliphatic rings. The zero-order valence-electron chi connectivity index (χ0n) is 13.7. The molecule has 2 aromatic carbocycles. The molecule has 0 saturated carbocycles. The van der Waals surface area contributed by atoms with E-state index in [2.05, 4.69) is 5.32 Å². The van der Waals surface area contributed by atoms with Crippen LogP contribution in [0.3, 0.4) is 0 Å². The number of hydrogen-bond acceptors (Lipinski definition) is 6. The third-order valence-corrected chi connectivity index (χ3v) is 3.36. The molecule has 1 N–H and O–H groups in total. The van der Waals surface area contributed by atoms with E-state index < -0.39 is 23.4 Å². The molecule has 0 spiro atoms. The van der Waals surface area contributed by atoms with E-state index in [0.29, 0.717) is 5.56 Å². The molecule has 1 amide bonds. The number of ketones is 1. The molecule has 0 heterocycles. The minimum atomic E-state index is -0.677. The average molecular weight is 356 g/mol. The second-order valence-corrected chi connectivity index (χ2v) is 5.31. The van der Waals surface area contributed by atoms with Gasteiger partial charge in [-0.25, -0.2) is 0 Å².